The van der Waals surface area contributed by atoms with Crippen molar-refractivity contribution >= 4 is 21.8 Å². The number of halogens is 3. The van der Waals surface area contributed by atoms with Crippen molar-refractivity contribution in [2.24, 2.45) is 10.9 Å². The maximum absolute atomic E-state index is 13.8. The number of amidine groups is 1. The maximum atomic E-state index is 13.8. The molecule has 0 saturated carbocycles. The molecule has 4 nitrogen and oxygen atoms in total. The highest BCUT2D eigenvalue weighted by molar-refractivity contribution is 9.10. The molecule has 0 atom stereocenters. The predicted octanol–water partition coefficient (Wildman–Crippen LogP) is 2.30. The average molecular weight is 322 g/mol. The van der Waals surface area contributed by atoms with Crippen LogP contribution in [0.25, 0.3) is 0 Å². The number of hydrogen-bond donors (Lipinski definition) is 2. The Kier molecular flexibility index (Phi) is 5.49. The van der Waals surface area contributed by atoms with Crippen molar-refractivity contribution in [2.75, 3.05) is 13.1 Å². The third kappa shape index (κ3) is 3.64. The molecule has 0 spiro atoms. The summed E-state index contributed by atoms with van der Waals surface area (Å²) in [7, 11) is 0. The van der Waals surface area contributed by atoms with E-state index < -0.39 is 11.6 Å². The number of likely N-dealkylation sites (N-methyl/N-ethyl adjacent to an activating group) is 1. The molecule has 1 aromatic carbocycles. The van der Waals surface area contributed by atoms with Crippen LogP contribution in [-0.2, 0) is 6.54 Å². The van der Waals surface area contributed by atoms with Crippen molar-refractivity contribution in [3.63, 3.8) is 0 Å². The van der Waals surface area contributed by atoms with Crippen LogP contribution in [0, 0.1) is 11.6 Å². The second-order valence-corrected chi connectivity index (χ2v) is 4.57. The Hall–Kier alpha value is -1.21. The van der Waals surface area contributed by atoms with Gasteiger partial charge < -0.3 is 10.9 Å². The molecule has 0 aliphatic rings. The molecule has 0 saturated heterocycles. The van der Waals surface area contributed by atoms with Crippen LogP contribution in [0.15, 0.2) is 21.8 Å². The quantitative estimate of drug-likeness (QED) is 0.287. The second kappa shape index (κ2) is 6.65. The zero-order chi connectivity index (χ0) is 13.7. The van der Waals surface area contributed by atoms with Crippen molar-refractivity contribution in [1.29, 1.82) is 0 Å². The van der Waals surface area contributed by atoms with E-state index in [1.165, 1.54) is 12.1 Å². The number of hydrogen-bond acceptors (Lipinski definition) is 3. The molecule has 0 aliphatic carbocycles. The smallest absolute Gasteiger partial charge is 0.153 e. The molecule has 0 aromatic heterocycles. The van der Waals surface area contributed by atoms with Crippen molar-refractivity contribution in [2.45, 2.75) is 13.5 Å². The standard InChI is InChI=1S/C11H14BrF2N3O/c1-2-17(6-10(15)16-18)5-7-9(13)4-3-8(12)11(7)14/h3-4,18H,2,5-6H2,1H3,(H2,15,16). The minimum atomic E-state index is -0.632. The summed E-state index contributed by atoms with van der Waals surface area (Å²) in [6.07, 6.45) is 0. The molecule has 100 valence electrons. The Morgan fingerprint density at radius 3 is 2.72 bits per heavy atom. The monoisotopic (exact) mass is 321 g/mol. The normalized spacial score (nSPS) is 12.2. The minimum Gasteiger partial charge on any atom is -0.409 e. The Labute approximate surface area is 112 Å². The Morgan fingerprint density at radius 1 is 1.50 bits per heavy atom. The van der Waals surface area contributed by atoms with E-state index in [0.29, 0.717) is 6.54 Å². The topological polar surface area (TPSA) is 61.8 Å². The summed E-state index contributed by atoms with van der Waals surface area (Å²) >= 11 is 3.01. The van der Waals surface area contributed by atoms with Gasteiger partial charge in [0.25, 0.3) is 0 Å². The molecule has 7 heteroatoms. The summed E-state index contributed by atoms with van der Waals surface area (Å²) in [5.74, 6) is -1.26. The fraction of sp³-hybridized carbons (Fsp3) is 0.364. The third-order valence-corrected chi connectivity index (χ3v) is 3.09. The van der Waals surface area contributed by atoms with Crippen molar-refractivity contribution in [1.82, 2.24) is 4.90 Å². The van der Waals surface area contributed by atoms with E-state index in [4.69, 9.17) is 10.9 Å². The van der Waals surface area contributed by atoms with Crippen molar-refractivity contribution < 1.29 is 14.0 Å². The van der Waals surface area contributed by atoms with Crippen molar-refractivity contribution in [3.8, 4) is 0 Å². The Morgan fingerprint density at radius 2 is 2.17 bits per heavy atom. The number of rotatable bonds is 5. The van der Waals surface area contributed by atoms with Crippen LogP contribution in [-0.4, -0.2) is 29.0 Å². The van der Waals surface area contributed by atoms with Gasteiger partial charge in [-0.2, -0.15) is 0 Å². The van der Waals surface area contributed by atoms with Crippen LogP contribution in [0.1, 0.15) is 12.5 Å². The summed E-state index contributed by atoms with van der Waals surface area (Å²) in [5.41, 5.74) is 5.33. The van der Waals surface area contributed by atoms with Crippen LogP contribution in [0.4, 0.5) is 8.78 Å². The first-order chi connectivity index (χ1) is 8.49. The molecule has 18 heavy (non-hydrogen) atoms. The van der Waals surface area contributed by atoms with E-state index in [1.54, 1.807) is 4.90 Å². The van der Waals surface area contributed by atoms with Gasteiger partial charge in [-0.3, -0.25) is 4.90 Å². The zero-order valence-corrected chi connectivity index (χ0v) is 11.4. The van der Waals surface area contributed by atoms with Gasteiger partial charge in [-0.05, 0) is 34.6 Å². The van der Waals surface area contributed by atoms with Gasteiger partial charge in [0.15, 0.2) is 5.84 Å². The summed E-state index contributed by atoms with van der Waals surface area (Å²) in [6.45, 7) is 2.52. The highest BCUT2D eigenvalue weighted by atomic mass is 79.9. The molecular weight excluding hydrogens is 308 g/mol. The molecule has 3 N–H and O–H groups in total. The van der Waals surface area contributed by atoms with Crippen LogP contribution < -0.4 is 5.73 Å². The van der Waals surface area contributed by atoms with Gasteiger partial charge in [-0.1, -0.05) is 12.1 Å². The van der Waals surface area contributed by atoms with E-state index in [0.717, 1.165) is 0 Å². The van der Waals surface area contributed by atoms with E-state index >= 15 is 0 Å². The van der Waals surface area contributed by atoms with Gasteiger partial charge in [-0.25, -0.2) is 8.78 Å². The largest absolute Gasteiger partial charge is 0.409 e. The molecule has 1 aromatic rings. The molecule has 0 amide bonds. The highest BCUT2D eigenvalue weighted by Gasteiger charge is 2.16. The van der Waals surface area contributed by atoms with Crippen LogP contribution in [0.2, 0.25) is 0 Å². The highest BCUT2D eigenvalue weighted by Crippen LogP contribution is 2.22. The second-order valence-electron chi connectivity index (χ2n) is 3.72. The van der Waals surface area contributed by atoms with Gasteiger partial charge in [0.05, 0.1) is 11.0 Å². The SMILES string of the molecule is CCN(C/C(N)=N/O)Cc1c(F)ccc(Br)c1F. The molecule has 0 radical (unpaired) electrons. The number of benzene rings is 1. The van der Waals surface area contributed by atoms with E-state index in [1.807, 2.05) is 6.92 Å². The summed E-state index contributed by atoms with van der Waals surface area (Å²) < 4.78 is 27.5. The molecule has 1 rings (SSSR count). The summed E-state index contributed by atoms with van der Waals surface area (Å²) in [5, 5.41) is 11.3. The third-order valence-electron chi connectivity index (χ3n) is 2.48. The van der Waals surface area contributed by atoms with Gasteiger partial charge >= 0.3 is 0 Å². The lowest BCUT2D eigenvalue weighted by atomic mass is 10.2. The van der Waals surface area contributed by atoms with Gasteiger partial charge in [0.2, 0.25) is 0 Å². The van der Waals surface area contributed by atoms with E-state index in [2.05, 4.69) is 21.1 Å². The first-order valence-electron chi connectivity index (χ1n) is 5.30. The lowest BCUT2D eigenvalue weighted by Crippen LogP contribution is -2.34. The lowest BCUT2D eigenvalue weighted by Gasteiger charge is -2.20. The van der Waals surface area contributed by atoms with Gasteiger partial charge in [-0.15, -0.1) is 0 Å². The predicted molar refractivity (Wildman–Crippen MR) is 68.4 cm³/mol. The van der Waals surface area contributed by atoms with Gasteiger partial charge in [0, 0.05) is 12.1 Å². The van der Waals surface area contributed by atoms with Crippen LogP contribution >= 0.6 is 15.9 Å². The summed E-state index contributed by atoms with van der Waals surface area (Å²) in [4.78, 5) is 1.66. The van der Waals surface area contributed by atoms with E-state index in [9.17, 15) is 8.78 Å². The fourth-order valence-electron chi connectivity index (χ4n) is 1.48. The van der Waals surface area contributed by atoms with Gasteiger partial charge in [0.1, 0.15) is 11.6 Å². The Balaban J connectivity index is 2.91. The van der Waals surface area contributed by atoms with E-state index in [-0.39, 0.29) is 29.0 Å². The molecule has 0 unspecified atom stereocenters. The molecule has 0 aliphatic heterocycles. The first kappa shape index (κ1) is 14.8. The lowest BCUT2D eigenvalue weighted by molar-refractivity contribution is 0.289. The van der Waals surface area contributed by atoms with Crippen molar-refractivity contribution in [3.05, 3.63) is 33.8 Å². The number of nitrogens with two attached hydrogens (primary N) is 1. The molecule has 0 heterocycles. The first-order valence-corrected chi connectivity index (χ1v) is 6.10. The number of nitrogens with zero attached hydrogens (tertiary/aromatic N) is 2. The number of oxime groups is 1. The summed E-state index contributed by atoms with van der Waals surface area (Å²) in [6, 6.07) is 2.51. The maximum Gasteiger partial charge on any atom is 0.153 e. The van der Waals surface area contributed by atoms with Crippen LogP contribution in [0.5, 0.6) is 0 Å². The molecular formula is C11H14BrF2N3O. The Bertz CT molecular complexity index is 454. The minimum absolute atomic E-state index is 0.00679. The molecule has 0 bridgehead atoms. The fourth-order valence-corrected chi connectivity index (χ4v) is 1.85. The average Bonchev–Trinajstić information content (AvgIpc) is 2.37. The zero-order valence-electron chi connectivity index (χ0n) is 9.83. The van der Waals surface area contributed by atoms with Crippen LogP contribution in [0.3, 0.4) is 0 Å². The molecule has 0 fully saturated rings.